The van der Waals surface area contributed by atoms with E-state index in [0.29, 0.717) is 12.3 Å². The van der Waals surface area contributed by atoms with Crippen LogP contribution in [0.15, 0.2) is 22.7 Å². The number of aromatic hydroxyl groups is 1. The van der Waals surface area contributed by atoms with Crippen LogP contribution in [0.2, 0.25) is 0 Å². The highest BCUT2D eigenvalue weighted by atomic mass is 79.9. The minimum atomic E-state index is 0.0415. The molecule has 4 heteroatoms. The van der Waals surface area contributed by atoms with Crippen LogP contribution in [-0.4, -0.2) is 23.4 Å². The average molecular weight is 328 g/mol. The molecule has 1 fully saturated rings. The summed E-state index contributed by atoms with van der Waals surface area (Å²) < 4.78 is 0.723. The van der Waals surface area contributed by atoms with Crippen LogP contribution >= 0.6 is 15.9 Å². The van der Waals surface area contributed by atoms with Gasteiger partial charge in [-0.05, 0) is 34.8 Å². The van der Waals surface area contributed by atoms with E-state index in [2.05, 4.69) is 21.2 Å². The second-order valence-electron chi connectivity index (χ2n) is 5.57. The summed E-state index contributed by atoms with van der Waals surface area (Å²) >= 11 is 3.32. The highest BCUT2D eigenvalue weighted by molar-refractivity contribution is 9.10. The van der Waals surface area contributed by atoms with E-state index in [4.69, 9.17) is 0 Å². The van der Waals surface area contributed by atoms with Crippen LogP contribution in [0.4, 0.5) is 0 Å². The SMILES string of the molecule is OCC1(CNCc2cccc(Br)c2O)CCCCC1. The summed E-state index contributed by atoms with van der Waals surface area (Å²) in [5.74, 6) is 0.302. The highest BCUT2D eigenvalue weighted by Crippen LogP contribution is 2.35. The van der Waals surface area contributed by atoms with Crippen molar-refractivity contribution >= 4 is 15.9 Å². The van der Waals surface area contributed by atoms with Gasteiger partial charge in [-0.1, -0.05) is 31.4 Å². The van der Waals surface area contributed by atoms with Crippen molar-refractivity contribution in [1.29, 1.82) is 0 Å². The Morgan fingerprint density at radius 2 is 1.95 bits per heavy atom. The first-order chi connectivity index (χ1) is 9.17. The first-order valence-corrected chi connectivity index (χ1v) is 7.74. The topological polar surface area (TPSA) is 52.5 Å². The largest absolute Gasteiger partial charge is 0.506 e. The number of halogens is 1. The van der Waals surface area contributed by atoms with Gasteiger partial charge in [-0.3, -0.25) is 0 Å². The molecule has 3 nitrogen and oxygen atoms in total. The third-order valence-corrected chi connectivity index (χ3v) is 4.78. The Morgan fingerprint density at radius 1 is 1.21 bits per heavy atom. The number of para-hydroxylation sites is 1. The second-order valence-corrected chi connectivity index (χ2v) is 6.42. The van der Waals surface area contributed by atoms with E-state index in [1.807, 2.05) is 18.2 Å². The van der Waals surface area contributed by atoms with Crippen molar-refractivity contribution in [2.75, 3.05) is 13.2 Å². The van der Waals surface area contributed by atoms with Crippen LogP contribution in [0.25, 0.3) is 0 Å². The van der Waals surface area contributed by atoms with E-state index >= 15 is 0 Å². The third kappa shape index (κ3) is 3.71. The highest BCUT2D eigenvalue weighted by Gasteiger charge is 2.30. The Kier molecular flexibility index (Phi) is 5.25. The lowest BCUT2D eigenvalue weighted by molar-refractivity contribution is 0.0810. The molecule has 0 bridgehead atoms. The molecule has 0 aliphatic heterocycles. The molecule has 106 valence electrons. The van der Waals surface area contributed by atoms with Crippen molar-refractivity contribution in [1.82, 2.24) is 5.32 Å². The maximum Gasteiger partial charge on any atom is 0.134 e. The van der Waals surface area contributed by atoms with E-state index in [9.17, 15) is 10.2 Å². The predicted molar refractivity (Wildman–Crippen MR) is 80.1 cm³/mol. The maximum atomic E-state index is 9.92. The molecule has 19 heavy (non-hydrogen) atoms. The maximum absolute atomic E-state index is 9.92. The zero-order valence-electron chi connectivity index (χ0n) is 11.2. The number of benzene rings is 1. The number of aliphatic hydroxyl groups is 1. The monoisotopic (exact) mass is 327 g/mol. The standard InChI is InChI=1S/C15H22BrNO2/c16-13-6-4-5-12(14(13)19)9-17-10-15(11-18)7-2-1-3-8-15/h4-6,17-19H,1-3,7-11H2. The molecule has 0 heterocycles. The Hall–Kier alpha value is -0.580. The van der Waals surface area contributed by atoms with E-state index < -0.39 is 0 Å². The zero-order chi connectivity index (χ0) is 13.7. The minimum Gasteiger partial charge on any atom is -0.506 e. The fourth-order valence-corrected chi connectivity index (χ4v) is 3.26. The molecule has 0 saturated heterocycles. The number of hydrogen-bond donors (Lipinski definition) is 3. The fraction of sp³-hybridized carbons (Fsp3) is 0.600. The molecule has 0 amide bonds. The molecular weight excluding hydrogens is 306 g/mol. The Bertz CT molecular complexity index is 417. The van der Waals surface area contributed by atoms with Crippen molar-refractivity contribution in [2.45, 2.75) is 38.6 Å². The van der Waals surface area contributed by atoms with Gasteiger partial charge >= 0.3 is 0 Å². The van der Waals surface area contributed by atoms with Gasteiger partial charge in [0.05, 0.1) is 4.47 Å². The van der Waals surface area contributed by atoms with Gasteiger partial charge in [0.15, 0.2) is 0 Å². The van der Waals surface area contributed by atoms with Gasteiger partial charge in [0.2, 0.25) is 0 Å². The van der Waals surface area contributed by atoms with Crippen LogP contribution in [0.1, 0.15) is 37.7 Å². The molecule has 0 radical (unpaired) electrons. The normalized spacial score (nSPS) is 18.4. The van der Waals surface area contributed by atoms with Gasteiger partial charge in [-0.15, -0.1) is 0 Å². The smallest absolute Gasteiger partial charge is 0.134 e. The molecule has 1 saturated carbocycles. The number of phenolic OH excluding ortho intramolecular Hbond substituents is 1. The van der Waals surface area contributed by atoms with Gasteiger partial charge in [0.25, 0.3) is 0 Å². The first kappa shape index (κ1) is 14.8. The Balaban J connectivity index is 1.90. The summed E-state index contributed by atoms with van der Waals surface area (Å²) in [5, 5.41) is 23.0. The number of hydrogen-bond acceptors (Lipinski definition) is 3. The van der Waals surface area contributed by atoms with Gasteiger partial charge < -0.3 is 15.5 Å². The molecule has 3 N–H and O–H groups in total. The summed E-state index contributed by atoms with van der Waals surface area (Å²) in [5.41, 5.74) is 0.929. The van der Waals surface area contributed by atoms with E-state index in [-0.39, 0.29) is 12.0 Å². The summed E-state index contributed by atoms with van der Waals surface area (Å²) in [6.45, 7) is 1.70. The Labute approximate surface area is 123 Å². The lowest BCUT2D eigenvalue weighted by Gasteiger charge is -2.35. The molecule has 1 aromatic carbocycles. The van der Waals surface area contributed by atoms with Crippen LogP contribution in [0.3, 0.4) is 0 Å². The molecule has 0 unspecified atom stereocenters. The lowest BCUT2D eigenvalue weighted by atomic mass is 9.74. The van der Waals surface area contributed by atoms with Crippen molar-refractivity contribution in [3.8, 4) is 5.75 Å². The zero-order valence-corrected chi connectivity index (χ0v) is 12.7. The molecule has 1 aliphatic carbocycles. The first-order valence-electron chi connectivity index (χ1n) is 6.95. The molecule has 0 atom stereocenters. The fourth-order valence-electron chi connectivity index (χ4n) is 2.86. The van der Waals surface area contributed by atoms with Crippen LogP contribution < -0.4 is 5.32 Å². The van der Waals surface area contributed by atoms with Crippen molar-refractivity contribution in [3.63, 3.8) is 0 Å². The van der Waals surface area contributed by atoms with E-state index in [0.717, 1.165) is 29.4 Å². The number of nitrogens with one attached hydrogen (secondary N) is 1. The van der Waals surface area contributed by atoms with Gasteiger partial charge in [0, 0.05) is 30.7 Å². The lowest BCUT2D eigenvalue weighted by Crippen LogP contribution is -2.38. The van der Waals surface area contributed by atoms with Crippen molar-refractivity contribution < 1.29 is 10.2 Å². The van der Waals surface area contributed by atoms with Crippen molar-refractivity contribution in [2.24, 2.45) is 5.41 Å². The molecule has 1 aliphatic rings. The predicted octanol–water partition coefficient (Wildman–Crippen LogP) is 3.19. The quantitative estimate of drug-likeness (QED) is 0.778. The van der Waals surface area contributed by atoms with E-state index in [1.165, 1.54) is 19.3 Å². The van der Waals surface area contributed by atoms with Crippen LogP contribution in [-0.2, 0) is 6.54 Å². The average Bonchev–Trinajstić information content (AvgIpc) is 2.44. The number of phenols is 1. The summed E-state index contributed by atoms with van der Waals surface area (Å²) in [6, 6.07) is 5.66. The van der Waals surface area contributed by atoms with Gasteiger partial charge in [-0.2, -0.15) is 0 Å². The third-order valence-electron chi connectivity index (χ3n) is 4.14. The summed E-state index contributed by atoms with van der Waals surface area (Å²) in [7, 11) is 0. The minimum absolute atomic E-state index is 0.0415. The molecule has 0 spiro atoms. The van der Waals surface area contributed by atoms with Crippen molar-refractivity contribution in [3.05, 3.63) is 28.2 Å². The molecule has 0 aromatic heterocycles. The summed E-state index contributed by atoms with van der Waals surface area (Å²) in [4.78, 5) is 0. The van der Waals surface area contributed by atoms with Crippen LogP contribution in [0, 0.1) is 5.41 Å². The molecular formula is C15H22BrNO2. The van der Waals surface area contributed by atoms with Gasteiger partial charge in [0.1, 0.15) is 5.75 Å². The second kappa shape index (κ2) is 6.73. The van der Waals surface area contributed by atoms with Gasteiger partial charge in [-0.25, -0.2) is 0 Å². The van der Waals surface area contributed by atoms with Crippen LogP contribution in [0.5, 0.6) is 5.75 Å². The number of rotatable bonds is 5. The molecule has 1 aromatic rings. The molecule has 2 rings (SSSR count). The summed E-state index contributed by atoms with van der Waals surface area (Å²) in [6.07, 6.45) is 5.91. The van der Waals surface area contributed by atoms with E-state index in [1.54, 1.807) is 0 Å². The number of aliphatic hydroxyl groups excluding tert-OH is 1. The Morgan fingerprint density at radius 3 is 2.63 bits per heavy atom.